The molecule has 3 nitrogen and oxygen atoms in total. The molecule has 0 radical (unpaired) electrons. The van der Waals surface area contributed by atoms with Gasteiger partial charge < -0.3 is 10.1 Å². The van der Waals surface area contributed by atoms with E-state index in [1.807, 2.05) is 40.0 Å². The number of nitrogens with one attached hydrogen (secondary N) is 1. The van der Waals surface area contributed by atoms with E-state index < -0.39 is 5.60 Å². The van der Waals surface area contributed by atoms with Crippen LogP contribution in [0.4, 0.5) is 0 Å². The molecule has 0 aromatic heterocycles. The highest BCUT2D eigenvalue weighted by Crippen LogP contribution is 2.26. The zero-order valence-electron chi connectivity index (χ0n) is 11.7. The zero-order chi connectivity index (χ0) is 14.5. The average Bonchev–Trinajstić information content (AvgIpc) is 2.26. The minimum absolute atomic E-state index is 0.184. The minimum Gasteiger partial charge on any atom is -0.459 e. The summed E-state index contributed by atoms with van der Waals surface area (Å²) in [6.45, 7) is 6.40. The number of hydrogen-bond acceptors (Lipinski definition) is 4. The van der Waals surface area contributed by atoms with Gasteiger partial charge in [0.15, 0.2) is 0 Å². The van der Waals surface area contributed by atoms with Gasteiger partial charge >= 0.3 is 5.97 Å². The molecule has 0 bridgehead atoms. The van der Waals surface area contributed by atoms with Crippen LogP contribution in [0.2, 0.25) is 0 Å². The first-order chi connectivity index (χ1) is 8.81. The van der Waals surface area contributed by atoms with E-state index in [0.717, 1.165) is 15.9 Å². The molecule has 1 rings (SSSR count). The summed E-state index contributed by atoms with van der Waals surface area (Å²) >= 11 is 4.97. The molecule has 5 heteroatoms. The highest BCUT2D eigenvalue weighted by atomic mass is 79.9. The quantitative estimate of drug-likeness (QED) is 0.653. The Morgan fingerprint density at radius 3 is 2.68 bits per heavy atom. The molecule has 0 amide bonds. The Hall–Kier alpha value is -0.520. The highest BCUT2D eigenvalue weighted by molar-refractivity contribution is 9.10. The fraction of sp³-hybridized carbons (Fsp3) is 0.500. The second-order valence-electron chi connectivity index (χ2n) is 5.16. The normalized spacial score (nSPS) is 11.4. The van der Waals surface area contributed by atoms with E-state index in [-0.39, 0.29) is 5.97 Å². The highest BCUT2D eigenvalue weighted by Gasteiger charge is 2.16. The number of thioether (sulfide) groups is 1. The van der Waals surface area contributed by atoms with Gasteiger partial charge in [-0.3, -0.25) is 4.79 Å². The van der Waals surface area contributed by atoms with E-state index in [9.17, 15) is 4.79 Å². The lowest BCUT2D eigenvalue weighted by Crippen LogP contribution is -2.24. The lowest BCUT2D eigenvalue weighted by molar-refractivity contribution is -0.151. The molecule has 0 atom stereocenters. The van der Waals surface area contributed by atoms with Crippen molar-refractivity contribution in [1.82, 2.24) is 5.32 Å². The van der Waals surface area contributed by atoms with Crippen molar-refractivity contribution < 1.29 is 9.53 Å². The molecular weight excluding hydrogens is 326 g/mol. The molecule has 0 saturated carbocycles. The third-order valence-corrected chi connectivity index (χ3v) is 3.74. The number of esters is 1. The van der Waals surface area contributed by atoms with E-state index >= 15 is 0 Å². The van der Waals surface area contributed by atoms with Crippen molar-refractivity contribution in [3.05, 3.63) is 28.2 Å². The topological polar surface area (TPSA) is 38.3 Å². The SMILES string of the molecule is CNCc1cc(Br)ccc1SCC(=O)OC(C)(C)C. The Bertz CT molecular complexity index is 444. The molecule has 1 aromatic rings. The Morgan fingerprint density at radius 1 is 1.42 bits per heavy atom. The monoisotopic (exact) mass is 345 g/mol. The summed E-state index contributed by atoms with van der Waals surface area (Å²) in [5.74, 6) is 0.145. The van der Waals surface area contributed by atoms with Crippen molar-refractivity contribution in [3.8, 4) is 0 Å². The molecule has 0 heterocycles. The van der Waals surface area contributed by atoms with Gasteiger partial charge in [-0.05, 0) is 51.6 Å². The molecule has 0 aliphatic carbocycles. The lowest BCUT2D eigenvalue weighted by Gasteiger charge is -2.19. The summed E-state index contributed by atoms with van der Waals surface area (Å²) in [4.78, 5) is 12.8. The van der Waals surface area contributed by atoms with Crippen LogP contribution >= 0.6 is 27.7 Å². The maximum absolute atomic E-state index is 11.7. The predicted octanol–water partition coefficient (Wildman–Crippen LogP) is 3.60. The molecule has 0 fully saturated rings. The third kappa shape index (κ3) is 6.45. The lowest BCUT2D eigenvalue weighted by atomic mass is 10.2. The largest absolute Gasteiger partial charge is 0.459 e. The van der Waals surface area contributed by atoms with Crippen LogP contribution in [0, 0.1) is 0 Å². The van der Waals surface area contributed by atoms with Gasteiger partial charge in [0, 0.05) is 15.9 Å². The summed E-state index contributed by atoms with van der Waals surface area (Å²) in [5.41, 5.74) is 0.746. The molecule has 0 aliphatic heterocycles. The molecule has 0 unspecified atom stereocenters. The first-order valence-electron chi connectivity index (χ1n) is 6.09. The van der Waals surface area contributed by atoms with Crippen LogP contribution in [-0.2, 0) is 16.1 Å². The number of rotatable bonds is 5. The Morgan fingerprint density at radius 2 is 2.11 bits per heavy atom. The average molecular weight is 346 g/mol. The van der Waals surface area contributed by atoms with Gasteiger partial charge in [-0.1, -0.05) is 15.9 Å². The summed E-state index contributed by atoms with van der Waals surface area (Å²) in [6.07, 6.45) is 0. The van der Waals surface area contributed by atoms with Crippen molar-refractivity contribution in [1.29, 1.82) is 0 Å². The van der Waals surface area contributed by atoms with Crippen molar-refractivity contribution in [3.63, 3.8) is 0 Å². The van der Waals surface area contributed by atoms with E-state index in [1.165, 1.54) is 17.3 Å². The molecule has 0 spiro atoms. The first kappa shape index (κ1) is 16.5. The molecular formula is C14H20BrNO2S. The molecule has 19 heavy (non-hydrogen) atoms. The summed E-state index contributed by atoms with van der Waals surface area (Å²) < 4.78 is 6.34. The van der Waals surface area contributed by atoms with Crippen molar-refractivity contribution in [2.24, 2.45) is 0 Å². The van der Waals surface area contributed by atoms with E-state index in [0.29, 0.717) is 5.75 Å². The smallest absolute Gasteiger partial charge is 0.316 e. The Balaban J connectivity index is 2.64. The third-order valence-electron chi connectivity index (χ3n) is 2.16. The number of carbonyl (C=O) groups excluding carboxylic acids is 1. The van der Waals surface area contributed by atoms with Crippen LogP contribution in [0.15, 0.2) is 27.6 Å². The standard InChI is InChI=1S/C14H20BrNO2S/c1-14(2,3)18-13(17)9-19-12-6-5-11(15)7-10(12)8-16-4/h5-7,16H,8-9H2,1-4H3. The van der Waals surface area contributed by atoms with Crippen LogP contribution in [0.25, 0.3) is 0 Å². The number of benzene rings is 1. The number of ether oxygens (including phenoxy) is 1. The number of carbonyl (C=O) groups is 1. The van der Waals surface area contributed by atoms with Gasteiger partial charge in [-0.25, -0.2) is 0 Å². The van der Waals surface area contributed by atoms with Gasteiger partial charge in [0.2, 0.25) is 0 Å². The van der Waals surface area contributed by atoms with Gasteiger partial charge in [0.25, 0.3) is 0 Å². The van der Waals surface area contributed by atoms with Crippen LogP contribution < -0.4 is 5.32 Å². The molecule has 1 aromatic carbocycles. The number of halogens is 1. The van der Waals surface area contributed by atoms with Crippen molar-refractivity contribution in [2.45, 2.75) is 37.8 Å². The van der Waals surface area contributed by atoms with Gasteiger partial charge in [-0.2, -0.15) is 0 Å². The maximum Gasteiger partial charge on any atom is 0.316 e. The fourth-order valence-corrected chi connectivity index (χ4v) is 2.75. The minimum atomic E-state index is -0.425. The van der Waals surface area contributed by atoms with Gasteiger partial charge in [0.05, 0.1) is 5.75 Å². The van der Waals surface area contributed by atoms with Crippen molar-refractivity contribution in [2.75, 3.05) is 12.8 Å². The van der Waals surface area contributed by atoms with E-state index in [1.54, 1.807) is 0 Å². The van der Waals surface area contributed by atoms with Crippen LogP contribution in [0.5, 0.6) is 0 Å². The van der Waals surface area contributed by atoms with Crippen LogP contribution in [-0.4, -0.2) is 24.4 Å². The Kier molecular flexibility index (Phi) is 6.36. The van der Waals surface area contributed by atoms with Crippen LogP contribution in [0.3, 0.4) is 0 Å². The van der Waals surface area contributed by atoms with Crippen molar-refractivity contribution >= 4 is 33.7 Å². The second kappa shape index (κ2) is 7.31. The fourth-order valence-electron chi connectivity index (χ4n) is 1.53. The molecule has 0 saturated heterocycles. The molecule has 106 valence electrons. The first-order valence-corrected chi connectivity index (χ1v) is 7.87. The number of hydrogen-bond donors (Lipinski definition) is 1. The predicted molar refractivity (Wildman–Crippen MR) is 83.5 cm³/mol. The summed E-state index contributed by atoms with van der Waals surface area (Å²) in [5, 5.41) is 3.13. The molecule has 0 aliphatic rings. The van der Waals surface area contributed by atoms with E-state index in [4.69, 9.17) is 4.74 Å². The van der Waals surface area contributed by atoms with Crippen LogP contribution in [0.1, 0.15) is 26.3 Å². The van der Waals surface area contributed by atoms with E-state index in [2.05, 4.69) is 27.3 Å². The Labute approximate surface area is 127 Å². The summed E-state index contributed by atoms with van der Waals surface area (Å²) in [7, 11) is 1.91. The zero-order valence-corrected chi connectivity index (χ0v) is 14.2. The second-order valence-corrected chi connectivity index (χ2v) is 7.09. The molecule has 1 N–H and O–H groups in total. The van der Waals surface area contributed by atoms with Gasteiger partial charge in [0.1, 0.15) is 5.60 Å². The van der Waals surface area contributed by atoms with Gasteiger partial charge in [-0.15, -0.1) is 11.8 Å². The summed E-state index contributed by atoms with van der Waals surface area (Å²) in [6, 6.07) is 6.07. The maximum atomic E-state index is 11.7.